The van der Waals surface area contributed by atoms with Crippen molar-refractivity contribution in [2.75, 3.05) is 37.0 Å². The van der Waals surface area contributed by atoms with E-state index in [1.807, 2.05) is 25.2 Å². The minimum absolute atomic E-state index is 0.293. The summed E-state index contributed by atoms with van der Waals surface area (Å²) in [5.41, 5.74) is 2.13. The maximum atomic E-state index is 11.9. The van der Waals surface area contributed by atoms with E-state index in [-0.39, 0.29) is 0 Å². The monoisotopic (exact) mass is 391 g/mol. The smallest absolute Gasteiger partial charge is 0.339 e. The standard InChI is InChI=1S/C19H22ClN3O2S/c1-3-25-18(24)16-13-14(9-10-17(16)20)22-19(26)21-11-12-23(2)15-7-5-4-6-8-15/h4-10,13H,3,11-12H2,1-2H3,(H2,21,22,26). The molecule has 26 heavy (non-hydrogen) atoms. The molecule has 2 aromatic carbocycles. The van der Waals surface area contributed by atoms with Crippen LogP contribution in [0.2, 0.25) is 5.02 Å². The van der Waals surface area contributed by atoms with Crippen molar-refractivity contribution in [1.29, 1.82) is 0 Å². The molecule has 5 nitrogen and oxygen atoms in total. The molecule has 0 aliphatic rings. The van der Waals surface area contributed by atoms with Crippen molar-refractivity contribution in [2.24, 2.45) is 0 Å². The number of halogens is 1. The second kappa shape index (κ2) is 9.99. The van der Waals surface area contributed by atoms with Gasteiger partial charge in [0.1, 0.15) is 0 Å². The van der Waals surface area contributed by atoms with E-state index in [2.05, 4.69) is 27.7 Å². The van der Waals surface area contributed by atoms with Crippen LogP contribution in [0.1, 0.15) is 17.3 Å². The molecule has 0 atom stereocenters. The number of hydrogen-bond acceptors (Lipinski definition) is 4. The highest BCUT2D eigenvalue weighted by atomic mass is 35.5. The molecule has 2 N–H and O–H groups in total. The number of anilines is 2. The van der Waals surface area contributed by atoms with E-state index in [9.17, 15) is 4.79 Å². The van der Waals surface area contributed by atoms with Gasteiger partial charge >= 0.3 is 5.97 Å². The highest BCUT2D eigenvalue weighted by molar-refractivity contribution is 7.80. The molecule has 138 valence electrons. The van der Waals surface area contributed by atoms with E-state index < -0.39 is 5.97 Å². The summed E-state index contributed by atoms with van der Waals surface area (Å²) < 4.78 is 5.00. The highest BCUT2D eigenvalue weighted by Gasteiger charge is 2.12. The minimum Gasteiger partial charge on any atom is -0.462 e. The SMILES string of the molecule is CCOC(=O)c1cc(NC(=S)NCCN(C)c2ccccc2)ccc1Cl. The number of carbonyl (C=O) groups excluding carboxylic acids is 1. The van der Waals surface area contributed by atoms with E-state index in [1.54, 1.807) is 25.1 Å². The number of nitrogens with zero attached hydrogens (tertiary/aromatic N) is 1. The molecule has 0 spiro atoms. The number of carbonyl (C=O) groups is 1. The zero-order valence-corrected chi connectivity index (χ0v) is 16.4. The van der Waals surface area contributed by atoms with Gasteiger partial charge < -0.3 is 20.3 Å². The van der Waals surface area contributed by atoms with E-state index in [0.29, 0.717) is 34.5 Å². The Kier molecular flexibility index (Phi) is 7.69. The average molecular weight is 392 g/mol. The van der Waals surface area contributed by atoms with Crippen LogP contribution in [-0.2, 0) is 4.74 Å². The quantitative estimate of drug-likeness (QED) is 0.550. The van der Waals surface area contributed by atoms with Gasteiger partial charge in [0.05, 0.1) is 17.2 Å². The van der Waals surface area contributed by atoms with Crippen LogP contribution >= 0.6 is 23.8 Å². The molecule has 0 aromatic heterocycles. The van der Waals surface area contributed by atoms with Gasteiger partial charge in [-0.1, -0.05) is 29.8 Å². The lowest BCUT2D eigenvalue weighted by Gasteiger charge is -2.20. The van der Waals surface area contributed by atoms with Crippen LogP contribution < -0.4 is 15.5 Å². The summed E-state index contributed by atoms with van der Waals surface area (Å²) in [6.45, 7) is 3.51. The number of esters is 1. The fourth-order valence-electron chi connectivity index (χ4n) is 2.29. The molecule has 0 amide bonds. The van der Waals surface area contributed by atoms with Crippen molar-refractivity contribution in [2.45, 2.75) is 6.92 Å². The number of hydrogen-bond donors (Lipinski definition) is 2. The average Bonchev–Trinajstić information content (AvgIpc) is 2.64. The Labute approximate surface area is 164 Å². The van der Waals surface area contributed by atoms with Crippen LogP contribution in [0.4, 0.5) is 11.4 Å². The predicted octanol–water partition coefficient (Wildman–Crippen LogP) is 3.94. The van der Waals surface area contributed by atoms with Gasteiger partial charge in [-0.15, -0.1) is 0 Å². The van der Waals surface area contributed by atoms with Crippen molar-refractivity contribution in [3.8, 4) is 0 Å². The Hall–Kier alpha value is -2.31. The molecule has 0 saturated heterocycles. The lowest BCUT2D eigenvalue weighted by Crippen LogP contribution is -2.35. The summed E-state index contributed by atoms with van der Waals surface area (Å²) in [6.07, 6.45) is 0. The first-order valence-electron chi connectivity index (χ1n) is 8.29. The molecular weight excluding hydrogens is 370 g/mol. The number of likely N-dealkylation sites (N-methyl/N-ethyl adjacent to an activating group) is 1. The largest absolute Gasteiger partial charge is 0.462 e. The maximum absolute atomic E-state index is 11.9. The number of benzene rings is 2. The van der Waals surface area contributed by atoms with Crippen LogP contribution in [0.25, 0.3) is 0 Å². The molecule has 2 aromatic rings. The van der Waals surface area contributed by atoms with E-state index in [1.165, 1.54) is 0 Å². The van der Waals surface area contributed by atoms with Gasteiger partial charge in [-0.05, 0) is 49.5 Å². The van der Waals surface area contributed by atoms with Gasteiger partial charge in [-0.2, -0.15) is 0 Å². The third-order valence-corrected chi connectivity index (χ3v) is 4.23. The van der Waals surface area contributed by atoms with Gasteiger partial charge in [0.2, 0.25) is 0 Å². The van der Waals surface area contributed by atoms with Crippen molar-refractivity contribution < 1.29 is 9.53 Å². The number of nitrogens with one attached hydrogen (secondary N) is 2. The second-order valence-electron chi connectivity index (χ2n) is 5.55. The van der Waals surface area contributed by atoms with Crippen LogP contribution in [0.3, 0.4) is 0 Å². The first-order valence-corrected chi connectivity index (χ1v) is 9.07. The molecule has 0 bridgehead atoms. The zero-order chi connectivity index (χ0) is 18.9. The third-order valence-electron chi connectivity index (χ3n) is 3.65. The fraction of sp³-hybridized carbons (Fsp3) is 0.263. The molecule has 0 aliphatic heterocycles. The Morgan fingerprint density at radius 1 is 1.23 bits per heavy atom. The number of rotatable bonds is 7. The van der Waals surface area contributed by atoms with Gasteiger partial charge in [0.15, 0.2) is 5.11 Å². The molecule has 7 heteroatoms. The molecule has 0 saturated carbocycles. The fourth-order valence-corrected chi connectivity index (χ4v) is 2.71. The second-order valence-corrected chi connectivity index (χ2v) is 6.37. The lowest BCUT2D eigenvalue weighted by atomic mass is 10.2. The van der Waals surface area contributed by atoms with Crippen molar-refractivity contribution in [3.05, 3.63) is 59.1 Å². The van der Waals surface area contributed by atoms with E-state index >= 15 is 0 Å². The first kappa shape index (κ1) is 20.0. The summed E-state index contributed by atoms with van der Waals surface area (Å²) in [4.78, 5) is 14.0. The van der Waals surface area contributed by atoms with Gasteiger partial charge in [-0.25, -0.2) is 4.79 Å². The summed E-state index contributed by atoms with van der Waals surface area (Å²) in [5, 5.41) is 7.03. The number of thiocarbonyl (C=S) groups is 1. The Morgan fingerprint density at radius 2 is 1.96 bits per heavy atom. The van der Waals surface area contributed by atoms with Crippen LogP contribution in [-0.4, -0.2) is 37.8 Å². The summed E-state index contributed by atoms with van der Waals surface area (Å²) >= 11 is 11.4. The van der Waals surface area contributed by atoms with E-state index in [0.717, 1.165) is 12.2 Å². The molecule has 0 radical (unpaired) electrons. The Morgan fingerprint density at radius 3 is 2.65 bits per heavy atom. The number of para-hydroxylation sites is 1. The van der Waals surface area contributed by atoms with Crippen LogP contribution in [0, 0.1) is 0 Å². The summed E-state index contributed by atoms with van der Waals surface area (Å²) in [6, 6.07) is 15.1. The van der Waals surface area contributed by atoms with Crippen LogP contribution in [0.15, 0.2) is 48.5 Å². The van der Waals surface area contributed by atoms with Crippen molar-refractivity contribution in [1.82, 2.24) is 5.32 Å². The normalized spacial score (nSPS) is 10.1. The summed E-state index contributed by atoms with van der Waals surface area (Å²) in [5.74, 6) is -0.454. The van der Waals surface area contributed by atoms with E-state index in [4.69, 9.17) is 28.6 Å². The molecule has 0 fully saturated rings. The van der Waals surface area contributed by atoms with Gasteiger partial charge in [0.25, 0.3) is 0 Å². The van der Waals surface area contributed by atoms with Crippen molar-refractivity contribution >= 4 is 46.3 Å². The van der Waals surface area contributed by atoms with Crippen LogP contribution in [0.5, 0.6) is 0 Å². The maximum Gasteiger partial charge on any atom is 0.339 e. The minimum atomic E-state index is -0.454. The topological polar surface area (TPSA) is 53.6 Å². The Bertz CT molecular complexity index is 756. The zero-order valence-electron chi connectivity index (χ0n) is 14.8. The lowest BCUT2D eigenvalue weighted by molar-refractivity contribution is 0.0526. The molecular formula is C19H22ClN3O2S. The highest BCUT2D eigenvalue weighted by Crippen LogP contribution is 2.21. The van der Waals surface area contributed by atoms with Crippen molar-refractivity contribution in [3.63, 3.8) is 0 Å². The molecule has 0 heterocycles. The summed E-state index contributed by atoms with van der Waals surface area (Å²) in [7, 11) is 2.03. The third kappa shape index (κ3) is 5.89. The first-order chi connectivity index (χ1) is 12.5. The van der Waals surface area contributed by atoms with Gasteiger partial charge in [-0.3, -0.25) is 0 Å². The predicted molar refractivity (Wildman–Crippen MR) is 111 cm³/mol. The van der Waals surface area contributed by atoms with Gasteiger partial charge in [0, 0.05) is 31.5 Å². The molecule has 2 rings (SSSR count). The molecule has 0 aliphatic carbocycles. The number of ether oxygens (including phenoxy) is 1. The Balaban J connectivity index is 1.86. The molecule has 0 unspecified atom stereocenters.